The van der Waals surface area contributed by atoms with Crippen molar-refractivity contribution in [3.8, 4) is 6.07 Å². The Balaban J connectivity index is 3.43. The summed E-state index contributed by atoms with van der Waals surface area (Å²) in [5, 5.41) is 8.42. The van der Waals surface area contributed by atoms with Gasteiger partial charge in [-0.15, -0.1) is 12.6 Å². The fraction of sp³-hybridized carbons (Fsp3) is 0.125. The van der Waals surface area contributed by atoms with E-state index in [-0.39, 0.29) is 4.90 Å². The van der Waals surface area contributed by atoms with Crippen molar-refractivity contribution >= 4 is 12.6 Å². The largest absolute Gasteiger partial charge is 0.418 e. The third-order valence-electron chi connectivity index (χ3n) is 1.45. The molecule has 1 nitrogen and oxygen atoms in total. The molecular weight excluding hydrogens is 199 g/mol. The Morgan fingerprint density at radius 3 is 2.31 bits per heavy atom. The van der Waals surface area contributed by atoms with Gasteiger partial charge in [-0.1, -0.05) is 6.07 Å². The molecule has 0 heterocycles. The topological polar surface area (TPSA) is 23.8 Å². The number of alkyl halides is 3. The highest BCUT2D eigenvalue weighted by atomic mass is 32.1. The molecule has 13 heavy (non-hydrogen) atoms. The highest BCUT2D eigenvalue weighted by Gasteiger charge is 2.35. The fourth-order valence-corrected chi connectivity index (χ4v) is 1.26. The molecule has 0 saturated heterocycles. The molecule has 0 unspecified atom stereocenters. The number of hydrogen-bond acceptors (Lipinski definition) is 2. The normalized spacial score (nSPS) is 11.0. The molecule has 0 bridgehead atoms. The maximum atomic E-state index is 12.3. The van der Waals surface area contributed by atoms with Gasteiger partial charge in [-0.25, -0.2) is 0 Å². The summed E-state index contributed by atoms with van der Waals surface area (Å²) in [7, 11) is 0. The number of nitrogens with zero attached hydrogens (tertiary/aromatic N) is 1. The summed E-state index contributed by atoms with van der Waals surface area (Å²) in [5.41, 5.74) is -1.37. The average Bonchev–Trinajstić information content (AvgIpc) is 2.01. The van der Waals surface area contributed by atoms with Crippen molar-refractivity contribution in [3.63, 3.8) is 0 Å². The van der Waals surface area contributed by atoms with Gasteiger partial charge in [-0.05, 0) is 12.1 Å². The monoisotopic (exact) mass is 203 g/mol. The van der Waals surface area contributed by atoms with Crippen molar-refractivity contribution in [1.29, 1.82) is 5.26 Å². The minimum absolute atomic E-state index is 0.230. The van der Waals surface area contributed by atoms with E-state index in [1.807, 2.05) is 0 Å². The quantitative estimate of drug-likeness (QED) is 0.644. The summed E-state index contributed by atoms with van der Waals surface area (Å²) < 4.78 is 36.9. The molecule has 0 aliphatic heterocycles. The predicted octanol–water partition coefficient (Wildman–Crippen LogP) is 2.87. The maximum Gasteiger partial charge on any atom is 0.418 e. The van der Waals surface area contributed by atoms with Gasteiger partial charge in [0.25, 0.3) is 0 Å². The molecule has 0 aliphatic rings. The zero-order valence-corrected chi connectivity index (χ0v) is 7.15. The first-order chi connectivity index (χ1) is 5.96. The predicted molar refractivity (Wildman–Crippen MR) is 43.4 cm³/mol. The Kier molecular flexibility index (Phi) is 2.52. The van der Waals surface area contributed by atoms with E-state index in [9.17, 15) is 13.2 Å². The maximum absolute atomic E-state index is 12.3. The van der Waals surface area contributed by atoms with Gasteiger partial charge in [0.15, 0.2) is 0 Å². The molecule has 1 aromatic carbocycles. The molecule has 0 N–H and O–H groups in total. The number of benzene rings is 1. The van der Waals surface area contributed by atoms with E-state index in [1.165, 1.54) is 18.2 Å². The molecule has 0 radical (unpaired) electrons. The van der Waals surface area contributed by atoms with E-state index in [2.05, 4.69) is 12.6 Å². The van der Waals surface area contributed by atoms with Crippen molar-refractivity contribution in [2.75, 3.05) is 0 Å². The van der Waals surface area contributed by atoms with Gasteiger partial charge in [0.05, 0.1) is 17.2 Å². The van der Waals surface area contributed by atoms with Crippen LogP contribution in [0.3, 0.4) is 0 Å². The van der Waals surface area contributed by atoms with Crippen LogP contribution in [0.25, 0.3) is 0 Å². The smallest absolute Gasteiger partial charge is 0.192 e. The van der Waals surface area contributed by atoms with Gasteiger partial charge in [0.1, 0.15) is 0 Å². The standard InChI is InChI=1S/C8H4F3NS/c9-8(10,11)7-5(4-12)2-1-3-6(7)13/h1-3,13H. The summed E-state index contributed by atoms with van der Waals surface area (Å²) in [4.78, 5) is -0.230. The van der Waals surface area contributed by atoms with Crippen LogP contribution in [0.5, 0.6) is 0 Å². The van der Waals surface area contributed by atoms with E-state index < -0.39 is 17.3 Å². The summed E-state index contributed by atoms with van der Waals surface area (Å²) in [6.45, 7) is 0. The van der Waals surface area contributed by atoms with E-state index in [0.29, 0.717) is 0 Å². The van der Waals surface area contributed by atoms with Crippen molar-refractivity contribution in [1.82, 2.24) is 0 Å². The zero-order valence-electron chi connectivity index (χ0n) is 6.26. The van der Waals surface area contributed by atoms with Gasteiger partial charge in [0, 0.05) is 4.90 Å². The summed E-state index contributed by atoms with van der Waals surface area (Å²) >= 11 is 3.64. The van der Waals surface area contributed by atoms with Gasteiger partial charge in [0.2, 0.25) is 0 Å². The molecule has 68 valence electrons. The Morgan fingerprint density at radius 1 is 1.31 bits per heavy atom. The third-order valence-corrected chi connectivity index (χ3v) is 1.82. The molecule has 1 rings (SSSR count). The third kappa shape index (κ3) is 1.95. The Hall–Kier alpha value is -1.15. The van der Waals surface area contributed by atoms with Gasteiger partial charge in [-0.2, -0.15) is 18.4 Å². The van der Waals surface area contributed by atoms with E-state index >= 15 is 0 Å². The average molecular weight is 203 g/mol. The number of thiol groups is 1. The molecule has 0 fully saturated rings. The van der Waals surface area contributed by atoms with Crippen LogP contribution in [0, 0.1) is 11.3 Å². The first-order valence-electron chi connectivity index (χ1n) is 3.26. The van der Waals surface area contributed by atoms with Gasteiger partial charge in [-0.3, -0.25) is 0 Å². The van der Waals surface area contributed by atoms with Crippen LogP contribution in [-0.2, 0) is 6.18 Å². The molecule has 0 atom stereocenters. The number of halogens is 3. The second-order valence-corrected chi connectivity index (χ2v) is 2.79. The van der Waals surface area contributed by atoms with Crippen LogP contribution >= 0.6 is 12.6 Å². The Morgan fingerprint density at radius 2 is 1.92 bits per heavy atom. The van der Waals surface area contributed by atoms with Gasteiger partial charge >= 0.3 is 6.18 Å². The zero-order chi connectivity index (χ0) is 10.1. The molecule has 0 aromatic heterocycles. The van der Waals surface area contributed by atoms with Crippen LogP contribution < -0.4 is 0 Å². The SMILES string of the molecule is N#Cc1cccc(S)c1C(F)(F)F. The number of nitriles is 1. The number of hydrogen-bond donors (Lipinski definition) is 1. The van der Waals surface area contributed by atoms with E-state index in [1.54, 1.807) is 0 Å². The second kappa shape index (κ2) is 3.30. The fourth-order valence-electron chi connectivity index (χ4n) is 0.931. The number of rotatable bonds is 0. The molecule has 0 saturated carbocycles. The second-order valence-electron chi connectivity index (χ2n) is 2.31. The Labute approximate surface area is 78.2 Å². The molecule has 0 amide bonds. The van der Waals surface area contributed by atoms with Crippen LogP contribution in [0.4, 0.5) is 13.2 Å². The lowest BCUT2D eigenvalue weighted by Crippen LogP contribution is -2.08. The molecule has 5 heteroatoms. The van der Waals surface area contributed by atoms with Crippen LogP contribution in [-0.4, -0.2) is 0 Å². The first kappa shape index (κ1) is 9.93. The van der Waals surface area contributed by atoms with E-state index in [0.717, 1.165) is 6.07 Å². The Bertz CT molecular complexity index is 365. The minimum Gasteiger partial charge on any atom is -0.192 e. The van der Waals surface area contributed by atoms with Gasteiger partial charge < -0.3 is 0 Å². The van der Waals surface area contributed by atoms with E-state index in [4.69, 9.17) is 5.26 Å². The summed E-state index contributed by atoms with van der Waals surface area (Å²) in [6, 6.07) is 5.15. The lowest BCUT2D eigenvalue weighted by Gasteiger charge is -2.10. The summed E-state index contributed by atoms with van der Waals surface area (Å²) in [6.07, 6.45) is -4.52. The lowest BCUT2D eigenvalue weighted by atomic mass is 10.1. The minimum atomic E-state index is -4.52. The molecular formula is C8H4F3NS. The van der Waals surface area contributed by atoms with Crippen molar-refractivity contribution in [3.05, 3.63) is 29.3 Å². The lowest BCUT2D eigenvalue weighted by molar-refractivity contribution is -0.139. The summed E-state index contributed by atoms with van der Waals surface area (Å²) in [5.74, 6) is 0. The van der Waals surface area contributed by atoms with Crippen molar-refractivity contribution in [2.24, 2.45) is 0 Å². The van der Waals surface area contributed by atoms with Crippen LogP contribution in [0.15, 0.2) is 23.1 Å². The highest BCUT2D eigenvalue weighted by Crippen LogP contribution is 2.35. The molecule has 0 aliphatic carbocycles. The van der Waals surface area contributed by atoms with Crippen molar-refractivity contribution in [2.45, 2.75) is 11.1 Å². The highest BCUT2D eigenvalue weighted by molar-refractivity contribution is 7.80. The molecule has 1 aromatic rings. The van der Waals surface area contributed by atoms with Crippen LogP contribution in [0.2, 0.25) is 0 Å². The first-order valence-corrected chi connectivity index (χ1v) is 3.71. The molecule has 0 spiro atoms. The van der Waals surface area contributed by atoms with Crippen molar-refractivity contribution < 1.29 is 13.2 Å². The van der Waals surface area contributed by atoms with Crippen LogP contribution in [0.1, 0.15) is 11.1 Å².